The molecular weight excluding hydrogens is 528 g/mol. The van der Waals surface area contributed by atoms with Crippen LogP contribution in [0.2, 0.25) is 5.02 Å². The van der Waals surface area contributed by atoms with Crippen molar-refractivity contribution < 1.29 is 24.3 Å². The summed E-state index contributed by atoms with van der Waals surface area (Å²) >= 11 is 6.17. The highest BCUT2D eigenvalue weighted by Crippen LogP contribution is 2.23. The van der Waals surface area contributed by atoms with Gasteiger partial charge in [-0.25, -0.2) is 9.48 Å². The fourth-order valence-corrected chi connectivity index (χ4v) is 4.18. The number of hydrogen-bond donors (Lipinski definition) is 5. The van der Waals surface area contributed by atoms with Crippen molar-refractivity contribution in [2.24, 2.45) is 0 Å². The Morgan fingerprint density at radius 3 is 2.77 bits per heavy atom. The quantitative estimate of drug-likeness (QED) is 0.289. The number of carboxylic acid groups (broad SMARTS) is 1. The Hall–Kier alpha value is -4.78. The van der Waals surface area contributed by atoms with Crippen LogP contribution in [0.3, 0.4) is 0 Å². The molecule has 5 N–H and O–H groups in total. The topological polar surface area (TPSA) is 180 Å². The molecule has 1 aliphatic rings. The lowest BCUT2D eigenvalue weighted by molar-refractivity contribution is -0.123. The first-order chi connectivity index (χ1) is 18.8. The maximum atomic E-state index is 13.1. The lowest BCUT2D eigenvalue weighted by Crippen LogP contribution is -2.47. The van der Waals surface area contributed by atoms with Gasteiger partial charge in [0.2, 0.25) is 11.8 Å². The zero-order valence-corrected chi connectivity index (χ0v) is 21.3. The first-order valence-corrected chi connectivity index (χ1v) is 12.4. The van der Waals surface area contributed by atoms with Gasteiger partial charge in [0.15, 0.2) is 0 Å². The summed E-state index contributed by atoms with van der Waals surface area (Å²) in [6, 6.07) is 8.50. The van der Waals surface area contributed by atoms with Gasteiger partial charge in [0.05, 0.1) is 16.9 Å². The summed E-state index contributed by atoms with van der Waals surface area (Å²) in [5, 5.41) is 31.1. The van der Waals surface area contributed by atoms with Gasteiger partial charge in [0, 0.05) is 23.7 Å². The molecule has 1 atom stereocenters. The van der Waals surface area contributed by atoms with Crippen molar-refractivity contribution in [1.29, 1.82) is 0 Å². The van der Waals surface area contributed by atoms with Gasteiger partial charge in [-0.2, -0.15) is 0 Å². The van der Waals surface area contributed by atoms with Crippen LogP contribution in [-0.2, 0) is 16.0 Å². The van der Waals surface area contributed by atoms with Crippen LogP contribution in [0.4, 0.5) is 16.2 Å². The van der Waals surface area contributed by atoms with Gasteiger partial charge in [0.25, 0.3) is 5.91 Å². The number of fused-ring (bicyclic) bond motifs is 1. The van der Waals surface area contributed by atoms with E-state index in [4.69, 9.17) is 16.7 Å². The molecule has 14 heteroatoms. The van der Waals surface area contributed by atoms with Gasteiger partial charge in [0.1, 0.15) is 12.4 Å². The fourth-order valence-electron chi connectivity index (χ4n) is 3.98. The van der Waals surface area contributed by atoms with E-state index in [1.807, 2.05) is 0 Å². The first-order valence-electron chi connectivity index (χ1n) is 12.0. The van der Waals surface area contributed by atoms with Gasteiger partial charge in [-0.05, 0) is 71.7 Å². The number of nitrogens with zero attached hydrogens (tertiary/aromatic N) is 4. The lowest BCUT2D eigenvalue weighted by atomic mass is 10.1. The zero-order chi connectivity index (χ0) is 27.8. The third-order valence-electron chi connectivity index (χ3n) is 5.82. The highest BCUT2D eigenvalue weighted by atomic mass is 35.5. The number of aromatic nitrogens is 4. The summed E-state index contributed by atoms with van der Waals surface area (Å²) in [5.74, 6) is -1.33. The van der Waals surface area contributed by atoms with Gasteiger partial charge in [-0.1, -0.05) is 23.8 Å². The predicted octanol–water partition coefficient (Wildman–Crippen LogP) is 2.54. The molecule has 202 valence electrons. The minimum absolute atomic E-state index is 0.0895. The molecule has 4 amide bonds. The van der Waals surface area contributed by atoms with Crippen LogP contribution in [0.5, 0.6) is 0 Å². The second-order valence-electron chi connectivity index (χ2n) is 8.58. The van der Waals surface area contributed by atoms with Gasteiger partial charge >= 0.3 is 6.09 Å². The van der Waals surface area contributed by atoms with Crippen molar-refractivity contribution >= 4 is 46.8 Å². The van der Waals surface area contributed by atoms with Gasteiger partial charge < -0.3 is 21.1 Å². The van der Waals surface area contributed by atoms with Crippen LogP contribution < -0.4 is 21.3 Å². The summed E-state index contributed by atoms with van der Waals surface area (Å²) in [5.41, 5.74) is 1.93. The van der Waals surface area contributed by atoms with Crippen LogP contribution in [0, 0.1) is 0 Å². The average molecular weight is 553 g/mol. The first kappa shape index (κ1) is 27.3. The molecule has 2 heterocycles. The van der Waals surface area contributed by atoms with Crippen molar-refractivity contribution in [1.82, 2.24) is 30.8 Å². The molecule has 0 bridgehead atoms. The Kier molecular flexibility index (Phi) is 8.84. The van der Waals surface area contributed by atoms with Crippen LogP contribution in [0.1, 0.15) is 35.2 Å². The number of anilines is 2. The number of tetrazole rings is 1. The number of hydrogen-bond acceptors (Lipinski definition) is 7. The van der Waals surface area contributed by atoms with E-state index in [0.717, 1.165) is 11.3 Å². The molecule has 1 unspecified atom stereocenters. The number of rotatable bonds is 6. The number of amides is 4. The standard InChI is InChI=1S/C25H25ClN8O5/c26-16-6-9-21(34-14-28-32-33-34)15(12-16)10-11-27-24(37)19-4-2-1-3-5-22(35)30-20-13-17(29-25(38)39)7-8-18(20)23(36)31-19/h1-2,6-9,12-14,19,29H,3-5,10-11H2,(H,27,37)(H,30,35)(H,31,36)(H,38,39)/b2-1+. The van der Waals surface area contributed by atoms with E-state index >= 15 is 0 Å². The second-order valence-corrected chi connectivity index (χ2v) is 9.02. The van der Waals surface area contributed by atoms with E-state index in [0.29, 0.717) is 17.9 Å². The molecule has 1 aliphatic heterocycles. The molecule has 2 aromatic carbocycles. The molecule has 13 nitrogen and oxygen atoms in total. The van der Waals surface area contributed by atoms with Crippen molar-refractivity contribution in [2.75, 3.05) is 17.2 Å². The molecule has 0 spiro atoms. The van der Waals surface area contributed by atoms with Crippen LogP contribution in [-0.4, -0.2) is 61.7 Å². The zero-order valence-electron chi connectivity index (χ0n) is 20.6. The van der Waals surface area contributed by atoms with Crippen molar-refractivity contribution in [3.63, 3.8) is 0 Å². The summed E-state index contributed by atoms with van der Waals surface area (Å²) in [6.45, 7) is 0.251. The minimum atomic E-state index is -1.29. The highest BCUT2D eigenvalue weighted by molar-refractivity contribution is 6.30. The van der Waals surface area contributed by atoms with E-state index in [-0.39, 0.29) is 42.2 Å². The molecule has 0 fully saturated rings. The molecule has 0 saturated carbocycles. The fraction of sp³-hybridized carbons (Fsp3) is 0.240. The Balaban J connectivity index is 1.48. The SMILES string of the molecule is O=C(O)Nc1ccc2c(c1)NC(=O)CC/C=C/CC(C(=O)NCCc1cc(Cl)ccc1-n1cnnn1)NC2=O. The molecule has 0 radical (unpaired) electrons. The second kappa shape index (κ2) is 12.6. The summed E-state index contributed by atoms with van der Waals surface area (Å²) in [6.07, 6.45) is 4.88. The van der Waals surface area contributed by atoms with Crippen LogP contribution in [0.15, 0.2) is 54.9 Å². The van der Waals surface area contributed by atoms with Crippen molar-refractivity contribution in [2.45, 2.75) is 31.7 Å². The molecule has 39 heavy (non-hydrogen) atoms. The molecule has 0 aliphatic carbocycles. The molecule has 0 saturated heterocycles. The number of halogens is 1. The van der Waals surface area contributed by atoms with Crippen molar-refractivity contribution in [3.8, 4) is 5.69 Å². The Morgan fingerprint density at radius 1 is 1.15 bits per heavy atom. The smallest absolute Gasteiger partial charge is 0.409 e. The lowest BCUT2D eigenvalue weighted by Gasteiger charge is -2.20. The Morgan fingerprint density at radius 2 is 2.00 bits per heavy atom. The number of carbonyl (C=O) groups excluding carboxylic acids is 3. The summed E-state index contributed by atoms with van der Waals surface area (Å²) < 4.78 is 1.50. The number of allylic oxidation sites excluding steroid dienone is 1. The molecule has 4 rings (SSSR count). The number of carbonyl (C=O) groups is 4. The molecular formula is C25H25ClN8O5. The van der Waals surface area contributed by atoms with Crippen LogP contribution >= 0.6 is 11.6 Å². The van der Waals surface area contributed by atoms with E-state index in [9.17, 15) is 19.2 Å². The predicted molar refractivity (Wildman–Crippen MR) is 142 cm³/mol. The maximum absolute atomic E-state index is 13.1. The maximum Gasteiger partial charge on any atom is 0.409 e. The van der Waals surface area contributed by atoms with E-state index in [1.54, 1.807) is 30.4 Å². The number of benzene rings is 2. The third-order valence-corrected chi connectivity index (χ3v) is 6.05. The van der Waals surface area contributed by atoms with Crippen LogP contribution in [0.25, 0.3) is 5.69 Å². The summed E-state index contributed by atoms with van der Waals surface area (Å²) in [4.78, 5) is 49.6. The average Bonchev–Trinajstić information content (AvgIpc) is 3.41. The number of nitrogens with one attached hydrogen (secondary N) is 4. The van der Waals surface area contributed by atoms with Crippen molar-refractivity contribution in [3.05, 3.63) is 71.0 Å². The monoisotopic (exact) mass is 552 g/mol. The third kappa shape index (κ3) is 7.38. The molecule has 3 aromatic rings. The Bertz CT molecular complexity index is 1410. The Labute approximate surface area is 227 Å². The molecule has 1 aromatic heterocycles. The summed E-state index contributed by atoms with van der Waals surface area (Å²) in [7, 11) is 0. The largest absolute Gasteiger partial charge is 0.465 e. The van der Waals surface area contributed by atoms with Gasteiger partial charge in [-0.15, -0.1) is 5.10 Å². The van der Waals surface area contributed by atoms with Gasteiger partial charge in [-0.3, -0.25) is 19.7 Å². The van der Waals surface area contributed by atoms with E-state index in [2.05, 4.69) is 36.8 Å². The normalized spacial score (nSPS) is 16.5. The minimum Gasteiger partial charge on any atom is -0.465 e. The highest BCUT2D eigenvalue weighted by Gasteiger charge is 2.23. The van der Waals surface area contributed by atoms with E-state index in [1.165, 1.54) is 29.2 Å². The van der Waals surface area contributed by atoms with E-state index < -0.39 is 23.9 Å².